The van der Waals surface area contributed by atoms with Gasteiger partial charge in [0.1, 0.15) is 18.1 Å². The molecule has 2 aromatic rings. The number of hydrogen-bond donors (Lipinski definition) is 2. The van der Waals surface area contributed by atoms with Gasteiger partial charge in [-0.1, -0.05) is 24.3 Å². The minimum absolute atomic E-state index is 0.159. The molecule has 0 fully saturated rings. The standard InChI is InChI=1S/C14H12O4/c15-13-7-2-1-4-11(13)9-18-12-6-3-5-10(8-12)14(16)17/h1-8,15H,9H2,(H,16,17). The molecule has 0 aliphatic rings. The molecule has 0 spiro atoms. The van der Waals surface area contributed by atoms with Gasteiger partial charge in [-0.05, 0) is 24.3 Å². The molecular weight excluding hydrogens is 232 g/mol. The fraction of sp³-hybridized carbons (Fsp3) is 0.0714. The number of carboxylic acids is 1. The summed E-state index contributed by atoms with van der Waals surface area (Å²) in [5, 5.41) is 18.4. The molecule has 0 unspecified atom stereocenters. The Morgan fingerprint density at radius 3 is 2.61 bits per heavy atom. The normalized spacial score (nSPS) is 10.0. The summed E-state index contributed by atoms with van der Waals surface area (Å²) in [4.78, 5) is 10.8. The minimum atomic E-state index is -0.997. The summed E-state index contributed by atoms with van der Waals surface area (Å²) in [5.74, 6) is -0.381. The van der Waals surface area contributed by atoms with Crippen LogP contribution in [0.1, 0.15) is 15.9 Å². The largest absolute Gasteiger partial charge is 0.508 e. The van der Waals surface area contributed by atoms with E-state index in [2.05, 4.69) is 0 Å². The fourth-order valence-electron chi connectivity index (χ4n) is 1.51. The maximum atomic E-state index is 10.8. The van der Waals surface area contributed by atoms with E-state index in [9.17, 15) is 9.90 Å². The van der Waals surface area contributed by atoms with Crippen molar-refractivity contribution in [3.8, 4) is 11.5 Å². The van der Waals surface area contributed by atoms with Crippen LogP contribution in [0.5, 0.6) is 11.5 Å². The van der Waals surface area contributed by atoms with Gasteiger partial charge in [-0.25, -0.2) is 4.79 Å². The highest BCUT2D eigenvalue weighted by Gasteiger charge is 2.05. The monoisotopic (exact) mass is 244 g/mol. The third kappa shape index (κ3) is 2.79. The number of hydrogen-bond acceptors (Lipinski definition) is 3. The van der Waals surface area contributed by atoms with E-state index in [1.165, 1.54) is 12.1 Å². The predicted molar refractivity (Wildman–Crippen MR) is 65.8 cm³/mol. The Morgan fingerprint density at radius 2 is 1.89 bits per heavy atom. The third-order valence-electron chi connectivity index (χ3n) is 2.47. The van der Waals surface area contributed by atoms with E-state index in [0.717, 1.165) is 0 Å². The number of phenolic OH excluding ortho intramolecular Hbond substituents is 1. The Morgan fingerprint density at radius 1 is 1.11 bits per heavy atom. The second kappa shape index (κ2) is 5.23. The number of phenols is 1. The molecule has 18 heavy (non-hydrogen) atoms. The first-order valence-electron chi connectivity index (χ1n) is 5.40. The Kier molecular flexibility index (Phi) is 3.48. The van der Waals surface area contributed by atoms with Crippen molar-refractivity contribution in [1.29, 1.82) is 0 Å². The van der Waals surface area contributed by atoms with E-state index in [0.29, 0.717) is 11.3 Å². The number of aromatic carboxylic acids is 1. The van der Waals surface area contributed by atoms with Crippen LogP contribution in [0.4, 0.5) is 0 Å². The summed E-state index contributed by atoms with van der Waals surface area (Å²) >= 11 is 0. The van der Waals surface area contributed by atoms with Crippen LogP contribution in [0.2, 0.25) is 0 Å². The molecule has 2 aromatic carbocycles. The van der Waals surface area contributed by atoms with Crippen LogP contribution in [0, 0.1) is 0 Å². The SMILES string of the molecule is O=C(O)c1cccc(OCc2ccccc2O)c1. The van der Waals surface area contributed by atoms with Gasteiger partial charge in [-0.3, -0.25) is 0 Å². The number of carbonyl (C=O) groups is 1. The van der Waals surface area contributed by atoms with Crippen molar-refractivity contribution in [3.05, 3.63) is 59.7 Å². The molecule has 0 aromatic heterocycles. The summed E-state index contributed by atoms with van der Waals surface area (Å²) in [7, 11) is 0. The summed E-state index contributed by atoms with van der Waals surface area (Å²) in [6.07, 6.45) is 0. The molecule has 0 atom stereocenters. The zero-order valence-corrected chi connectivity index (χ0v) is 9.54. The lowest BCUT2D eigenvalue weighted by Crippen LogP contribution is -1.99. The van der Waals surface area contributed by atoms with Crippen molar-refractivity contribution in [2.24, 2.45) is 0 Å². The maximum Gasteiger partial charge on any atom is 0.335 e. The molecule has 0 amide bonds. The van der Waals surface area contributed by atoms with Crippen LogP contribution >= 0.6 is 0 Å². The van der Waals surface area contributed by atoms with E-state index in [1.54, 1.807) is 36.4 Å². The second-order valence-electron chi connectivity index (χ2n) is 3.75. The van der Waals surface area contributed by atoms with Crippen molar-refractivity contribution in [2.45, 2.75) is 6.61 Å². The molecule has 0 saturated heterocycles. The topological polar surface area (TPSA) is 66.8 Å². The second-order valence-corrected chi connectivity index (χ2v) is 3.75. The smallest absolute Gasteiger partial charge is 0.335 e. The van der Waals surface area contributed by atoms with Gasteiger partial charge in [0, 0.05) is 5.56 Å². The molecule has 0 bridgehead atoms. The average Bonchev–Trinajstić information content (AvgIpc) is 2.38. The lowest BCUT2D eigenvalue weighted by atomic mass is 10.2. The lowest BCUT2D eigenvalue weighted by molar-refractivity contribution is 0.0696. The Hall–Kier alpha value is -2.49. The highest BCUT2D eigenvalue weighted by molar-refractivity contribution is 5.87. The Balaban J connectivity index is 2.09. The molecule has 0 saturated carbocycles. The van der Waals surface area contributed by atoms with Crippen molar-refractivity contribution in [1.82, 2.24) is 0 Å². The van der Waals surface area contributed by atoms with E-state index in [4.69, 9.17) is 9.84 Å². The Bertz CT molecular complexity index is 563. The molecule has 0 aliphatic heterocycles. The number of rotatable bonds is 4. The van der Waals surface area contributed by atoms with Gasteiger partial charge in [0.25, 0.3) is 0 Å². The van der Waals surface area contributed by atoms with Crippen LogP contribution in [0.25, 0.3) is 0 Å². The van der Waals surface area contributed by atoms with E-state index >= 15 is 0 Å². The van der Waals surface area contributed by atoms with Gasteiger partial charge >= 0.3 is 5.97 Å². The quantitative estimate of drug-likeness (QED) is 0.867. The summed E-state index contributed by atoms with van der Waals surface area (Å²) in [6, 6.07) is 13.1. The average molecular weight is 244 g/mol. The minimum Gasteiger partial charge on any atom is -0.508 e. The first-order chi connectivity index (χ1) is 8.66. The molecule has 4 heteroatoms. The van der Waals surface area contributed by atoms with Gasteiger partial charge < -0.3 is 14.9 Å². The molecule has 92 valence electrons. The zero-order chi connectivity index (χ0) is 13.0. The zero-order valence-electron chi connectivity index (χ0n) is 9.54. The fourth-order valence-corrected chi connectivity index (χ4v) is 1.51. The molecular formula is C14H12O4. The molecule has 4 nitrogen and oxygen atoms in total. The molecule has 2 N–H and O–H groups in total. The van der Waals surface area contributed by atoms with E-state index in [-0.39, 0.29) is 17.9 Å². The number of ether oxygens (including phenoxy) is 1. The predicted octanol–water partition coefficient (Wildman–Crippen LogP) is 2.67. The van der Waals surface area contributed by atoms with Crippen LogP contribution in [-0.2, 0) is 6.61 Å². The van der Waals surface area contributed by atoms with Gasteiger partial charge in [-0.15, -0.1) is 0 Å². The van der Waals surface area contributed by atoms with Crippen LogP contribution < -0.4 is 4.74 Å². The van der Waals surface area contributed by atoms with Crippen LogP contribution in [0.15, 0.2) is 48.5 Å². The van der Waals surface area contributed by atoms with Gasteiger partial charge in [0.2, 0.25) is 0 Å². The number of benzene rings is 2. The van der Waals surface area contributed by atoms with Crippen molar-refractivity contribution >= 4 is 5.97 Å². The molecule has 0 heterocycles. The first kappa shape index (κ1) is 12.0. The highest BCUT2D eigenvalue weighted by Crippen LogP contribution is 2.19. The molecule has 0 aliphatic carbocycles. The van der Waals surface area contributed by atoms with Gasteiger partial charge in [0.05, 0.1) is 5.56 Å². The van der Waals surface area contributed by atoms with E-state index in [1.807, 2.05) is 0 Å². The van der Waals surface area contributed by atoms with Crippen LogP contribution in [-0.4, -0.2) is 16.2 Å². The number of aromatic hydroxyl groups is 1. The van der Waals surface area contributed by atoms with Crippen molar-refractivity contribution in [3.63, 3.8) is 0 Å². The summed E-state index contributed by atoms with van der Waals surface area (Å²) < 4.78 is 5.44. The van der Waals surface area contributed by atoms with Crippen molar-refractivity contribution < 1.29 is 19.7 Å². The summed E-state index contributed by atoms with van der Waals surface area (Å²) in [6.45, 7) is 0.190. The lowest BCUT2D eigenvalue weighted by Gasteiger charge is -2.08. The summed E-state index contributed by atoms with van der Waals surface area (Å²) in [5.41, 5.74) is 0.822. The number of para-hydroxylation sites is 1. The molecule has 0 radical (unpaired) electrons. The third-order valence-corrected chi connectivity index (χ3v) is 2.47. The van der Waals surface area contributed by atoms with Gasteiger partial charge in [0.15, 0.2) is 0 Å². The highest BCUT2D eigenvalue weighted by atomic mass is 16.5. The molecule has 2 rings (SSSR count). The van der Waals surface area contributed by atoms with E-state index < -0.39 is 5.97 Å². The van der Waals surface area contributed by atoms with Gasteiger partial charge in [-0.2, -0.15) is 0 Å². The van der Waals surface area contributed by atoms with Crippen molar-refractivity contribution in [2.75, 3.05) is 0 Å². The first-order valence-corrected chi connectivity index (χ1v) is 5.40. The Labute approximate surface area is 104 Å². The maximum absolute atomic E-state index is 10.8. The number of carboxylic acid groups (broad SMARTS) is 1. The van der Waals surface area contributed by atoms with Crippen LogP contribution in [0.3, 0.4) is 0 Å².